The molecular formula is C3H7Cl2NSi. The molecule has 0 radical (unpaired) electrons. The van der Waals surface area contributed by atoms with Gasteiger partial charge in [-0.2, -0.15) is 0 Å². The Morgan fingerprint density at radius 3 is 2.43 bits per heavy atom. The van der Waals surface area contributed by atoms with E-state index < -0.39 is 0 Å². The zero-order valence-electron chi connectivity index (χ0n) is 4.04. The van der Waals surface area contributed by atoms with Crippen LogP contribution in [-0.4, -0.2) is 16.4 Å². The molecule has 0 aliphatic carbocycles. The molecule has 0 saturated carbocycles. The normalized spacial score (nSPS) is 8.29. The van der Waals surface area contributed by atoms with Crippen LogP contribution in [0.3, 0.4) is 0 Å². The monoisotopic (exact) mass is 155 g/mol. The first kappa shape index (κ1) is 7.34. The molecule has 0 aromatic rings. The second-order valence-corrected chi connectivity index (χ2v) is 2.71. The Labute approximate surface area is 56.1 Å². The molecular weight excluding hydrogens is 149 g/mol. The summed E-state index contributed by atoms with van der Waals surface area (Å²) in [5, 5.41) is 2.88. The zero-order valence-corrected chi connectivity index (χ0v) is 7.55. The van der Waals surface area contributed by atoms with Crippen molar-refractivity contribution in [1.82, 2.24) is 5.32 Å². The van der Waals surface area contributed by atoms with Crippen LogP contribution in [0.1, 0.15) is 0 Å². The molecule has 0 aliphatic heterocycles. The van der Waals surface area contributed by atoms with E-state index in [9.17, 15) is 0 Å². The molecule has 0 saturated heterocycles. The Hall–Kier alpha value is 0.337. The lowest BCUT2D eigenvalue weighted by molar-refractivity contribution is 1.05. The first-order chi connectivity index (χ1) is 3.27. The van der Waals surface area contributed by atoms with Gasteiger partial charge in [-0.1, -0.05) is 23.2 Å². The van der Waals surface area contributed by atoms with Gasteiger partial charge in [0, 0.05) is 16.4 Å². The highest BCUT2D eigenvalue weighted by Crippen LogP contribution is 2.02. The van der Waals surface area contributed by atoms with E-state index in [2.05, 4.69) is 5.32 Å². The molecule has 0 rings (SSSR count). The predicted molar refractivity (Wildman–Crippen MR) is 37.7 cm³/mol. The van der Waals surface area contributed by atoms with Crippen LogP contribution in [0.5, 0.6) is 0 Å². The minimum atomic E-state index is 0.288. The van der Waals surface area contributed by atoms with Crippen molar-refractivity contribution in [2.75, 3.05) is 6.17 Å². The molecule has 0 amide bonds. The largest absolute Gasteiger partial charge is 0.393 e. The Balaban J connectivity index is 3.08. The van der Waals surface area contributed by atoms with Gasteiger partial charge in [0.2, 0.25) is 0 Å². The summed E-state index contributed by atoms with van der Waals surface area (Å²) in [7, 11) is 1.12. The van der Waals surface area contributed by atoms with Gasteiger partial charge in [-0.15, -0.1) is 0 Å². The first-order valence-corrected chi connectivity index (χ1v) is 4.19. The van der Waals surface area contributed by atoms with E-state index in [-0.39, 0.29) is 4.49 Å². The van der Waals surface area contributed by atoms with Crippen LogP contribution in [0.2, 0.25) is 0 Å². The van der Waals surface area contributed by atoms with Crippen LogP contribution in [-0.2, 0) is 0 Å². The van der Waals surface area contributed by atoms with Crippen LogP contribution < -0.4 is 5.32 Å². The summed E-state index contributed by atoms with van der Waals surface area (Å²) >= 11 is 10.5. The Morgan fingerprint density at radius 2 is 2.29 bits per heavy atom. The van der Waals surface area contributed by atoms with Gasteiger partial charge in [-0.25, -0.2) is 0 Å². The molecule has 0 aromatic carbocycles. The summed E-state index contributed by atoms with van der Waals surface area (Å²) < 4.78 is 0.288. The third-order valence-electron chi connectivity index (χ3n) is 0.415. The second kappa shape index (κ2) is 4.49. The Bertz CT molecular complexity index is 69.3. The maximum absolute atomic E-state index is 5.24. The minimum absolute atomic E-state index is 0.288. The molecule has 0 unspecified atom stereocenters. The third kappa shape index (κ3) is 6.34. The summed E-state index contributed by atoms with van der Waals surface area (Å²) in [4.78, 5) is 0. The van der Waals surface area contributed by atoms with Crippen LogP contribution in [0, 0.1) is 0 Å². The van der Waals surface area contributed by atoms with Gasteiger partial charge < -0.3 is 5.32 Å². The van der Waals surface area contributed by atoms with E-state index >= 15 is 0 Å². The second-order valence-electron chi connectivity index (χ2n) is 0.992. The molecule has 0 heterocycles. The van der Waals surface area contributed by atoms with Gasteiger partial charge in [0.1, 0.15) is 4.49 Å². The van der Waals surface area contributed by atoms with Crippen molar-refractivity contribution < 1.29 is 0 Å². The van der Waals surface area contributed by atoms with E-state index in [1.807, 2.05) is 0 Å². The van der Waals surface area contributed by atoms with E-state index in [1.165, 1.54) is 0 Å². The molecule has 0 bridgehead atoms. The van der Waals surface area contributed by atoms with Crippen molar-refractivity contribution >= 4 is 33.4 Å². The number of hydrogen-bond donors (Lipinski definition) is 1. The fourth-order valence-electron chi connectivity index (χ4n) is 0.179. The minimum Gasteiger partial charge on any atom is -0.393 e. The highest BCUT2D eigenvalue weighted by molar-refractivity contribution is 6.55. The molecule has 0 aromatic heterocycles. The van der Waals surface area contributed by atoms with Crippen molar-refractivity contribution in [1.29, 1.82) is 0 Å². The molecule has 1 N–H and O–H groups in total. The maximum Gasteiger partial charge on any atom is 0.122 e. The third-order valence-corrected chi connectivity index (χ3v) is 1.04. The molecule has 7 heavy (non-hydrogen) atoms. The fraction of sp³-hybridized carbons (Fsp3) is 0.333. The predicted octanol–water partition coefficient (Wildman–Crippen LogP) is 0.175. The Morgan fingerprint density at radius 1 is 1.71 bits per heavy atom. The first-order valence-electron chi connectivity index (χ1n) is 2.02. The van der Waals surface area contributed by atoms with Crippen LogP contribution in [0.25, 0.3) is 0 Å². The number of hydrogen-bond acceptors (Lipinski definition) is 1. The molecule has 1 nitrogen and oxygen atoms in total. The van der Waals surface area contributed by atoms with Gasteiger partial charge in [0.25, 0.3) is 0 Å². The standard InChI is InChI=1S/C3H7Cl2NSi/c4-3(5)1-6-2-7/h1,6H,2H2,7H3. The van der Waals surface area contributed by atoms with E-state index in [4.69, 9.17) is 23.2 Å². The lowest BCUT2D eigenvalue weighted by Crippen LogP contribution is -2.05. The molecule has 4 heteroatoms. The Kier molecular flexibility index (Phi) is 4.71. The van der Waals surface area contributed by atoms with Crippen LogP contribution in [0.4, 0.5) is 0 Å². The van der Waals surface area contributed by atoms with Crippen LogP contribution in [0.15, 0.2) is 10.7 Å². The average molecular weight is 156 g/mol. The van der Waals surface area contributed by atoms with Crippen molar-refractivity contribution in [3.63, 3.8) is 0 Å². The van der Waals surface area contributed by atoms with Gasteiger partial charge in [-0.3, -0.25) is 0 Å². The number of halogens is 2. The van der Waals surface area contributed by atoms with Gasteiger partial charge in [0.05, 0.1) is 0 Å². The molecule has 0 spiro atoms. The quantitative estimate of drug-likeness (QED) is 0.562. The van der Waals surface area contributed by atoms with Crippen molar-refractivity contribution in [3.05, 3.63) is 10.7 Å². The highest BCUT2D eigenvalue weighted by Gasteiger charge is 1.75. The topological polar surface area (TPSA) is 12.0 Å². The van der Waals surface area contributed by atoms with Gasteiger partial charge >= 0.3 is 0 Å². The van der Waals surface area contributed by atoms with Crippen LogP contribution >= 0.6 is 23.2 Å². The van der Waals surface area contributed by atoms with Gasteiger partial charge in [-0.05, 0) is 6.17 Å². The number of nitrogens with one attached hydrogen (secondary N) is 1. The lowest BCUT2D eigenvalue weighted by atomic mass is 11.0. The van der Waals surface area contributed by atoms with Gasteiger partial charge in [0.15, 0.2) is 0 Å². The van der Waals surface area contributed by atoms with E-state index in [0.29, 0.717) is 0 Å². The fourth-order valence-corrected chi connectivity index (χ4v) is 0.538. The average Bonchev–Trinajstić information content (AvgIpc) is 1.61. The van der Waals surface area contributed by atoms with Crippen molar-refractivity contribution in [2.24, 2.45) is 0 Å². The van der Waals surface area contributed by atoms with Crippen molar-refractivity contribution in [2.45, 2.75) is 0 Å². The zero-order chi connectivity index (χ0) is 5.70. The summed E-state index contributed by atoms with van der Waals surface area (Å²) in [6.45, 7) is 0. The number of rotatable bonds is 2. The molecule has 42 valence electrons. The highest BCUT2D eigenvalue weighted by atomic mass is 35.5. The lowest BCUT2D eigenvalue weighted by Gasteiger charge is -1.88. The van der Waals surface area contributed by atoms with E-state index in [0.717, 1.165) is 16.4 Å². The molecule has 0 atom stereocenters. The summed E-state index contributed by atoms with van der Waals surface area (Å²) in [5.41, 5.74) is 0. The molecule has 0 aliphatic rings. The van der Waals surface area contributed by atoms with Crippen molar-refractivity contribution in [3.8, 4) is 0 Å². The summed E-state index contributed by atoms with van der Waals surface area (Å²) in [6.07, 6.45) is 2.57. The smallest absolute Gasteiger partial charge is 0.122 e. The summed E-state index contributed by atoms with van der Waals surface area (Å²) in [6, 6.07) is 0. The summed E-state index contributed by atoms with van der Waals surface area (Å²) in [5.74, 6) is 0. The van der Waals surface area contributed by atoms with E-state index in [1.54, 1.807) is 6.20 Å². The molecule has 0 fully saturated rings. The SMILES string of the molecule is [SiH3]CNC=C(Cl)Cl. The maximum atomic E-state index is 5.24.